The molecule has 3 N–H and O–H groups in total. The van der Waals surface area contributed by atoms with Gasteiger partial charge in [0, 0.05) is 39.3 Å². The third-order valence-corrected chi connectivity index (χ3v) is 7.38. The Kier molecular flexibility index (Phi) is 8.82. The van der Waals surface area contributed by atoms with E-state index >= 15 is 0 Å². The first-order valence-corrected chi connectivity index (χ1v) is 12.3. The van der Waals surface area contributed by atoms with Crippen molar-refractivity contribution in [3.05, 3.63) is 0 Å². The molecule has 2 rings (SSSR count). The van der Waals surface area contributed by atoms with E-state index in [0.29, 0.717) is 19.0 Å². The summed E-state index contributed by atoms with van der Waals surface area (Å²) in [6.45, 7) is 5.90. The van der Waals surface area contributed by atoms with E-state index in [0.717, 1.165) is 57.7 Å². The average Bonchev–Trinajstić information content (AvgIpc) is 2.65. The second-order valence-corrected chi connectivity index (χ2v) is 10.2. The minimum atomic E-state index is -3.07. The molecule has 0 radical (unpaired) electrons. The minimum Gasteiger partial charge on any atom is -0.396 e. The van der Waals surface area contributed by atoms with Gasteiger partial charge in [0.1, 0.15) is 0 Å². The zero-order valence-corrected chi connectivity index (χ0v) is 17.9. The molecule has 1 aliphatic heterocycles. The summed E-state index contributed by atoms with van der Waals surface area (Å²) in [5, 5.41) is 16.3. The molecule has 0 atom stereocenters. The molecule has 0 aromatic heterocycles. The molecule has 2 fully saturated rings. The van der Waals surface area contributed by atoms with Gasteiger partial charge in [-0.2, -0.15) is 0 Å². The number of guanidine groups is 1. The molecular formula is C19H38N4O3S. The Hall–Kier alpha value is -0.860. The third-order valence-electron chi connectivity index (χ3n) is 6.07. The SMILES string of the molecule is CCNC(=NCC1(CCO)CCCCC1)NCC1CCN(S(C)(=O)=O)CC1. The second-order valence-electron chi connectivity index (χ2n) is 8.22. The van der Waals surface area contributed by atoms with Crippen LogP contribution in [-0.2, 0) is 10.0 Å². The van der Waals surface area contributed by atoms with Crippen molar-refractivity contribution in [1.29, 1.82) is 0 Å². The number of piperidine rings is 1. The van der Waals surface area contributed by atoms with Gasteiger partial charge in [-0.05, 0) is 50.4 Å². The van der Waals surface area contributed by atoms with Crippen LogP contribution in [0.1, 0.15) is 58.3 Å². The fourth-order valence-corrected chi connectivity index (χ4v) is 5.17. The molecule has 0 bridgehead atoms. The Morgan fingerprint density at radius 3 is 2.41 bits per heavy atom. The number of nitrogens with zero attached hydrogens (tertiary/aromatic N) is 2. The van der Waals surface area contributed by atoms with Gasteiger partial charge in [0.05, 0.1) is 6.26 Å². The molecule has 1 saturated heterocycles. The lowest BCUT2D eigenvalue weighted by Gasteiger charge is -2.36. The highest BCUT2D eigenvalue weighted by atomic mass is 32.2. The molecule has 8 heteroatoms. The summed E-state index contributed by atoms with van der Waals surface area (Å²) in [5.74, 6) is 1.30. The first kappa shape index (κ1) is 22.4. The van der Waals surface area contributed by atoms with E-state index in [4.69, 9.17) is 4.99 Å². The highest BCUT2D eigenvalue weighted by Gasteiger charge is 2.31. The Labute approximate surface area is 165 Å². The lowest BCUT2D eigenvalue weighted by atomic mass is 9.72. The van der Waals surface area contributed by atoms with Crippen LogP contribution >= 0.6 is 0 Å². The van der Waals surface area contributed by atoms with Gasteiger partial charge in [-0.3, -0.25) is 4.99 Å². The smallest absolute Gasteiger partial charge is 0.211 e. The summed E-state index contributed by atoms with van der Waals surface area (Å²) >= 11 is 0. The minimum absolute atomic E-state index is 0.149. The van der Waals surface area contributed by atoms with Gasteiger partial charge in [-0.25, -0.2) is 12.7 Å². The summed E-state index contributed by atoms with van der Waals surface area (Å²) in [6, 6.07) is 0. The van der Waals surface area contributed by atoms with Crippen LogP contribution < -0.4 is 10.6 Å². The first-order chi connectivity index (χ1) is 12.9. The summed E-state index contributed by atoms with van der Waals surface area (Å²) in [4.78, 5) is 4.84. The summed E-state index contributed by atoms with van der Waals surface area (Å²) in [6.07, 6.45) is 9.95. The molecule has 0 unspecified atom stereocenters. The van der Waals surface area contributed by atoms with Gasteiger partial charge >= 0.3 is 0 Å². The lowest BCUT2D eigenvalue weighted by Crippen LogP contribution is -2.44. The Balaban J connectivity index is 1.86. The van der Waals surface area contributed by atoms with Crippen molar-refractivity contribution in [1.82, 2.24) is 14.9 Å². The van der Waals surface area contributed by atoms with E-state index in [2.05, 4.69) is 17.6 Å². The maximum Gasteiger partial charge on any atom is 0.211 e. The Bertz CT molecular complexity index is 560. The lowest BCUT2D eigenvalue weighted by molar-refractivity contribution is 0.137. The van der Waals surface area contributed by atoms with Crippen molar-refractivity contribution < 1.29 is 13.5 Å². The third kappa shape index (κ3) is 7.23. The molecule has 0 aromatic carbocycles. The number of aliphatic imine (C=N–C) groups is 1. The van der Waals surface area contributed by atoms with Crippen molar-refractivity contribution >= 4 is 16.0 Å². The van der Waals surface area contributed by atoms with Crippen molar-refractivity contribution in [2.75, 3.05) is 45.6 Å². The molecular weight excluding hydrogens is 364 g/mol. The number of nitrogens with one attached hydrogen (secondary N) is 2. The largest absolute Gasteiger partial charge is 0.396 e. The maximum absolute atomic E-state index is 11.6. The number of hydrogen-bond acceptors (Lipinski definition) is 4. The Morgan fingerprint density at radius 2 is 1.85 bits per heavy atom. The van der Waals surface area contributed by atoms with Crippen LogP contribution in [0.3, 0.4) is 0 Å². The van der Waals surface area contributed by atoms with Gasteiger partial charge < -0.3 is 15.7 Å². The van der Waals surface area contributed by atoms with E-state index in [1.807, 2.05) is 0 Å². The summed E-state index contributed by atoms with van der Waals surface area (Å²) in [7, 11) is -3.07. The van der Waals surface area contributed by atoms with E-state index in [1.54, 1.807) is 4.31 Å². The fraction of sp³-hybridized carbons (Fsp3) is 0.947. The standard InChI is InChI=1S/C19H38N4O3S/c1-3-20-18(22-16-19(11-14-24)9-5-4-6-10-19)21-15-17-7-12-23(13-8-17)27(2,25)26/h17,24H,3-16H2,1-2H3,(H2,20,21,22). The zero-order chi connectivity index (χ0) is 19.8. The van der Waals surface area contributed by atoms with E-state index in [9.17, 15) is 13.5 Å². The Morgan fingerprint density at radius 1 is 1.19 bits per heavy atom. The number of sulfonamides is 1. The first-order valence-electron chi connectivity index (χ1n) is 10.5. The second kappa shape index (κ2) is 10.6. The van der Waals surface area contributed by atoms with Crippen LogP contribution in [0.15, 0.2) is 4.99 Å². The molecule has 0 spiro atoms. The van der Waals surface area contributed by atoms with Crippen LogP contribution in [0.2, 0.25) is 0 Å². The van der Waals surface area contributed by atoms with Crippen molar-refractivity contribution in [2.45, 2.75) is 58.3 Å². The molecule has 27 heavy (non-hydrogen) atoms. The van der Waals surface area contributed by atoms with Gasteiger partial charge in [-0.15, -0.1) is 0 Å². The molecule has 1 saturated carbocycles. The van der Waals surface area contributed by atoms with Gasteiger partial charge in [0.15, 0.2) is 5.96 Å². The van der Waals surface area contributed by atoms with Crippen LogP contribution in [-0.4, -0.2) is 69.4 Å². The fourth-order valence-electron chi connectivity index (χ4n) is 4.30. The molecule has 158 valence electrons. The van der Waals surface area contributed by atoms with Gasteiger partial charge in [-0.1, -0.05) is 19.3 Å². The summed E-state index contributed by atoms with van der Waals surface area (Å²) < 4.78 is 24.8. The van der Waals surface area contributed by atoms with E-state index < -0.39 is 10.0 Å². The highest BCUT2D eigenvalue weighted by molar-refractivity contribution is 7.88. The number of rotatable bonds is 8. The van der Waals surface area contributed by atoms with E-state index in [1.165, 1.54) is 25.5 Å². The van der Waals surface area contributed by atoms with Crippen LogP contribution in [0.5, 0.6) is 0 Å². The molecule has 7 nitrogen and oxygen atoms in total. The quantitative estimate of drug-likeness (QED) is 0.423. The molecule has 1 aliphatic carbocycles. The normalized spacial score (nSPS) is 22.6. The molecule has 2 aliphatic rings. The van der Waals surface area contributed by atoms with Crippen molar-refractivity contribution in [2.24, 2.45) is 16.3 Å². The van der Waals surface area contributed by atoms with Gasteiger partial charge in [0.2, 0.25) is 10.0 Å². The maximum atomic E-state index is 11.6. The molecule has 0 aromatic rings. The average molecular weight is 403 g/mol. The predicted octanol–water partition coefficient (Wildman–Crippen LogP) is 1.55. The monoisotopic (exact) mass is 402 g/mol. The predicted molar refractivity (Wildman–Crippen MR) is 110 cm³/mol. The van der Waals surface area contributed by atoms with Gasteiger partial charge in [0.25, 0.3) is 0 Å². The zero-order valence-electron chi connectivity index (χ0n) is 17.0. The van der Waals surface area contributed by atoms with Crippen molar-refractivity contribution in [3.8, 4) is 0 Å². The topological polar surface area (TPSA) is 94.0 Å². The molecule has 0 amide bonds. The van der Waals surface area contributed by atoms with Crippen LogP contribution in [0, 0.1) is 11.3 Å². The summed E-state index contributed by atoms with van der Waals surface area (Å²) in [5.41, 5.74) is 0.149. The van der Waals surface area contributed by atoms with Crippen LogP contribution in [0.25, 0.3) is 0 Å². The van der Waals surface area contributed by atoms with Crippen LogP contribution in [0.4, 0.5) is 0 Å². The number of aliphatic hydroxyl groups excluding tert-OH is 1. The van der Waals surface area contributed by atoms with Crippen molar-refractivity contribution in [3.63, 3.8) is 0 Å². The van der Waals surface area contributed by atoms with E-state index in [-0.39, 0.29) is 12.0 Å². The number of aliphatic hydroxyl groups is 1. The number of hydrogen-bond donors (Lipinski definition) is 3. The molecule has 1 heterocycles. The highest BCUT2D eigenvalue weighted by Crippen LogP contribution is 2.39.